The number of thioether (sulfide) groups is 1. The van der Waals surface area contributed by atoms with Crippen molar-refractivity contribution in [3.05, 3.63) is 11.1 Å². The third-order valence-corrected chi connectivity index (χ3v) is 3.68. The molecule has 0 aliphatic heterocycles. The second-order valence-electron chi connectivity index (χ2n) is 4.71. The van der Waals surface area contributed by atoms with E-state index in [0.717, 1.165) is 0 Å². The number of carboxylic acid groups (broad SMARTS) is 1. The van der Waals surface area contributed by atoms with Gasteiger partial charge in [0.05, 0.1) is 5.37 Å². The van der Waals surface area contributed by atoms with Crippen LogP contribution in [0.3, 0.4) is 0 Å². The largest absolute Gasteiger partial charge is 0.476 e. The highest BCUT2D eigenvalue weighted by Gasteiger charge is 2.19. The molecule has 0 saturated carbocycles. The molecule has 0 fully saturated rings. The molecule has 106 valence electrons. The fraction of sp³-hybridized carbons (Fsp3) is 0.545. The Morgan fingerprint density at radius 1 is 1.53 bits per heavy atom. The van der Waals surface area contributed by atoms with Crippen LogP contribution < -0.4 is 5.32 Å². The number of aromatic carboxylic acids is 1. The van der Waals surface area contributed by atoms with Crippen LogP contribution in [0.5, 0.6) is 0 Å². The normalized spacial score (nSPS) is 12.8. The van der Waals surface area contributed by atoms with Crippen LogP contribution in [-0.4, -0.2) is 33.1 Å². The molecule has 2 N–H and O–H groups in total. The molecule has 1 aromatic rings. The maximum Gasteiger partial charge on any atom is 0.408 e. The van der Waals surface area contributed by atoms with E-state index >= 15 is 0 Å². The van der Waals surface area contributed by atoms with E-state index in [-0.39, 0.29) is 11.1 Å². The third-order valence-electron chi connectivity index (χ3n) is 1.70. The van der Waals surface area contributed by atoms with Crippen LogP contribution in [0.15, 0.2) is 9.72 Å². The molecule has 0 spiro atoms. The monoisotopic (exact) mass is 304 g/mol. The van der Waals surface area contributed by atoms with Crippen LogP contribution in [0.1, 0.15) is 38.2 Å². The SMILES string of the molecule is CC(NC(=O)OC(C)(C)C)Sc1nc(C(=O)O)cs1. The van der Waals surface area contributed by atoms with Crippen molar-refractivity contribution in [1.82, 2.24) is 10.3 Å². The van der Waals surface area contributed by atoms with Gasteiger partial charge < -0.3 is 15.2 Å². The number of nitrogens with zero attached hydrogens (tertiary/aromatic N) is 1. The van der Waals surface area contributed by atoms with Crippen LogP contribution in [0, 0.1) is 0 Å². The van der Waals surface area contributed by atoms with Crippen molar-refractivity contribution < 1.29 is 19.4 Å². The highest BCUT2D eigenvalue weighted by Crippen LogP contribution is 2.25. The second-order valence-corrected chi connectivity index (χ2v) is 7.16. The van der Waals surface area contributed by atoms with Gasteiger partial charge in [0, 0.05) is 5.38 Å². The first-order valence-corrected chi connectivity index (χ1v) is 7.28. The molecule has 0 aliphatic rings. The summed E-state index contributed by atoms with van der Waals surface area (Å²) in [5, 5.41) is 12.6. The standard InChI is InChI=1S/C11H16N2O4S2/c1-6(12-9(16)17-11(2,3)4)19-10-13-7(5-18-10)8(14)15/h5-6H,1-4H3,(H,12,16)(H,14,15). The smallest absolute Gasteiger partial charge is 0.408 e. The number of alkyl carbamates (subject to hydrolysis) is 1. The highest BCUT2D eigenvalue weighted by molar-refractivity contribution is 8.01. The molecule has 1 aromatic heterocycles. The highest BCUT2D eigenvalue weighted by atomic mass is 32.2. The first-order valence-electron chi connectivity index (χ1n) is 5.52. The Labute approximate surface area is 119 Å². The van der Waals surface area contributed by atoms with Gasteiger partial charge in [-0.2, -0.15) is 0 Å². The van der Waals surface area contributed by atoms with Gasteiger partial charge in [0.1, 0.15) is 5.60 Å². The first kappa shape index (κ1) is 15.8. The predicted molar refractivity (Wildman–Crippen MR) is 73.8 cm³/mol. The number of aromatic nitrogens is 1. The Morgan fingerprint density at radius 2 is 2.16 bits per heavy atom. The molecule has 1 rings (SSSR count). The van der Waals surface area contributed by atoms with E-state index in [1.165, 1.54) is 28.5 Å². The summed E-state index contributed by atoms with van der Waals surface area (Å²) in [5.74, 6) is -1.06. The zero-order chi connectivity index (χ0) is 14.6. The van der Waals surface area contributed by atoms with E-state index in [1.807, 2.05) is 0 Å². The summed E-state index contributed by atoms with van der Waals surface area (Å²) < 4.78 is 5.70. The molecule has 1 amide bonds. The van der Waals surface area contributed by atoms with Gasteiger partial charge in [-0.1, -0.05) is 11.8 Å². The Hall–Kier alpha value is -1.28. The molecule has 1 atom stereocenters. The summed E-state index contributed by atoms with van der Waals surface area (Å²) in [7, 11) is 0. The number of carboxylic acids is 1. The maximum atomic E-state index is 11.5. The van der Waals surface area contributed by atoms with Crippen molar-refractivity contribution in [1.29, 1.82) is 0 Å². The minimum atomic E-state index is -1.06. The topological polar surface area (TPSA) is 88.5 Å². The molecule has 6 nitrogen and oxygen atoms in total. The Balaban J connectivity index is 2.48. The zero-order valence-corrected chi connectivity index (χ0v) is 12.7. The van der Waals surface area contributed by atoms with Crippen LogP contribution >= 0.6 is 23.1 Å². The zero-order valence-electron chi connectivity index (χ0n) is 11.1. The lowest BCUT2D eigenvalue weighted by molar-refractivity contribution is 0.0524. The van der Waals surface area contributed by atoms with Crippen molar-refractivity contribution >= 4 is 35.2 Å². The van der Waals surface area contributed by atoms with Crippen LogP contribution in [0.25, 0.3) is 0 Å². The molecule has 0 bridgehead atoms. The number of rotatable bonds is 4. The van der Waals surface area contributed by atoms with E-state index in [0.29, 0.717) is 4.34 Å². The van der Waals surface area contributed by atoms with E-state index in [9.17, 15) is 9.59 Å². The van der Waals surface area contributed by atoms with Gasteiger partial charge in [0.15, 0.2) is 10.0 Å². The minimum Gasteiger partial charge on any atom is -0.476 e. The molecule has 1 heterocycles. The Morgan fingerprint density at radius 3 is 2.63 bits per heavy atom. The van der Waals surface area contributed by atoms with Gasteiger partial charge in [-0.25, -0.2) is 14.6 Å². The lowest BCUT2D eigenvalue weighted by atomic mass is 10.2. The number of hydrogen-bond donors (Lipinski definition) is 2. The van der Waals surface area contributed by atoms with Gasteiger partial charge in [0.2, 0.25) is 0 Å². The summed E-state index contributed by atoms with van der Waals surface area (Å²) in [4.78, 5) is 26.1. The molecule has 8 heteroatoms. The Bertz CT molecular complexity index is 468. The van der Waals surface area contributed by atoms with E-state index < -0.39 is 17.7 Å². The van der Waals surface area contributed by atoms with Crippen molar-refractivity contribution in [3.63, 3.8) is 0 Å². The fourth-order valence-electron chi connectivity index (χ4n) is 1.06. The van der Waals surface area contributed by atoms with E-state index in [1.54, 1.807) is 27.7 Å². The number of thiazole rings is 1. The van der Waals surface area contributed by atoms with Crippen molar-refractivity contribution in [2.75, 3.05) is 0 Å². The molecular weight excluding hydrogens is 288 g/mol. The summed E-state index contributed by atoms with van der Waals surface area (Å²) in [6.45, 7) is 7.12. The van der Waals surface area contributed by atoms with Crippen LogP contribution in [-0.2, 0) is 4.74 Å². The average Bonchev–Trinajstić information content (AvgIpc) is 2.62. The lowest BCUT2D eigenvalue weighted by Gasteiger charge is -2.21. The molecule has 0 radical (unpaired) electrons. The summed E-state index contributed by atoms with van der Waals surface area (Å²) in [5.41, 5.74) is -0.538. The summed E-state index contributed by atoms with van der Waals surface area (Å²) >= 11 is 2.49. The number of nitrogens with one attached hydrogen (secondary N) is 1. The molecule has 0 aromatic carbocycles. The molecule has 0 aliphatic carbocycles. The van der Waals surface area contributed by atoms with Crippen molar-refractivity contribution in [2.24, 2.45) is 0 Å². The average molecular weight is 304 g/mol. The Kier molecular flexibility index (Phi) is 5.19. The van der Waals surface area contributed by atoms with Gasteiger partial charge in [-0.3, -0.25) is 0 Å². The number of hydrogen-bond acceptors (Lipinski definition) is 6. The van der Waals surface area contributed by atoms with E-state index in [4.69, 9.17) is 9.84 Å². The maximum absolute atomic E-state index is 11.5. The van der Waals surface area contributed by atoms with Gasteiger partial charge >= 0.3 is 12.1 Å². The predicted octanol–water partition coefficient (Wildman–Crippen LogP) is 2.80. The van der Waals surface area contributed by atoms with Crippen LogP contribution in [0.2, 0.25) is 0 Å². The van der Waals surface area contributed by atoms with E-state index in [2.05, 4.69) is 10.3 Å². The molecule has 0 saturated heterocycles. The number of carbonyl (C=O) groups excluding carboxylic acids is 1. The lowest BCUT2D eigenvalue weighted by Crippen LogP contribution is -2.36. The quantitative estimate of drug-likeness (QED) is 0.657. The van der Waals surface area contributed by atoms with Gasteiger partial charge in [0.25, 0.3) is 0 Å². The first-order chi connectivity index (χ1) is 8.67. The molecule has 1 unspecified atom stereocenters. The summed E-state index contributed by atoms with van der Waals surface area (Å²) in [6, 6.07) is 0. The van der Waals surface area contributed by atoms with Gasteiger partial charge in [-0.05, 0) is 27.7 Å². The number of amides is 1. The van der Waals surface area contributed by atoms with Gasteiger partial charge in [-0.15, -0.1) is 11.3 Å². The number of carbonyl (C=O) groups is 2. The molecule has 19 heavy (non-hydrogen) atoms. The summed E-state index contributed by atoms with van der Waals surface area (Å²) in [6.07, 6.45) is -0.512. The third kappa shape index (κ3) is 5.93. The van der Waals surface area contributed by atoms with Crippen molar-refractivity contribution in [2.45, 2.75) is 43.0 Å². The van der Waals surface area contributed by atoms with Crippen molar-refractivity contribution in [3.8, 4) is 0 Å². The second kappa shape index (κ2) is 6.25. The number of ether oxygens (including phenoxy) is 1. The fourth-order valence-corrected chi connectivity index (χ4v) is 2.99. The van der Waals surface area contributed by atoms with Crippen LogP contribution in [0.4, 0.5) is 4.79 Å². The molecular formula is C11H16N2O4S2. The minimum absolute atomic E-state index is 0.0111.